The van der Waals surface area contributed by atoms with Crippen LogP contribution in [0.5, 0.6) is 17.2 Å². The van der Waals surface area contributed by atoms with E-state index in [0.717, 1.165) is 44.7 Å². The van der Waals surface area contributed by atoms with E-state index in [-0.39, 0.29) is 5.91 Å². The number of methoxy groups -OCH3 is 3. The number of morpholine rings is 1. The first-order chi connectivity index (χ1) is 14.6. The minimum atomic E-state index is 0.0519. The molecular weight excluding hydrogens is 384 g/mol. The number of rotatable bonds is 12. The fourth-order valence-electron chi connectivity index (χ4n) is 4.25. The van der Waals surface area contributed by atoms with Crippen LogP contribution in [0.15, 0.2) is 12.1 Å². The summed E-state index contributed by atoms with van der Waals surface area (Å²) in [6.07, 6.45) is 3.18. The Morgan fingerprint density at radius 3 is 2.30 bits per heavy atom. The van der Waals surface area contributed by atoms with E-state index in [2.05, 4.69) is 24.1 Å². The molecule has 1 fully saturated rings. The molecule has 30 heavy (non-hydrogen) atoms. The van der Waals surface area contributed by atoms with E-state index in [1.54, 1.807) is 21.3 Å². The number of carbonyl (C=O) groups excluding carboxylic acids is 1. The molecule has 0 saturated carbocycles. The maximum atomic E-state index is 12.6. The van der Waals surface area contributed by atoms with Crippen LogP contribution in [0.2, 0.25) is 0 Å². The van der Waals surface area contributed by atoms with Gasteiger partial charge in [0.15, 0.2) is 11.5 Å². The Kier molecular flexibility index (Phi) is 10.2. The topological polar surface area (TPSA) is 69.3 Å². The summed E-state index contributed by atoms with van der Waals surface area (Å²) < 4.78 is 21.8. The van der Waals surface area contributed by atoms with E-state index in [1.807, 2.05) is 12.1 Å². The molecular formula is C23H38N2O5. The third-order valence-corrected chi connectivity index (χ3v) is 6.02. The lowest BCUT2D eigenvalue weighted by atomic mass is 9.92. The molecule has 170 valence electrons. The zero-order valence-electron chi connectivity index (χ0n) is 19.2. The minimum Gasteiger partial charge on any atom is -0.493 e. The highest BCUT2D eigenvalue weighted by Gasteiger charge is 2.27. The lowest BCUT2D eigenvalue weighted by Gasteiger charge is -2.38. The zero-order chi connectivity index (χ0) is 21.9. The van der Waals surface area contributed by atoms with Crippen molar-refractivity contribution in [1.29, 1.82) is 0 Å². The van der Waals surface area contributed by atoms with Crippen molar-refractivity contribution in [2.75, 3.05) is 54.2 Å². The summed E-state index contributed by atoms with van der Waals surface area (Å²) in [5.41, 5.74) is 0.926. The first kappa shape index (κ1) is 24.3. The molecule has 0 aliphatic carbocycles. The lowest BCUT2D eigenvalue weighted by molar-refractivity contribution is -0.121. The highest BCUT2D eigenvalue weighted by atomic mass is 16.5. The third kappa shape index (κ3) is 6.25. The van der Waals surface area contributed by atoms with Crippen molar-refractivity contribution in [2.24, 2.45) is 5.92 Å². The Bertz CT molecular complexity index is 657. The van der Waals surface area contributed by atoms with Crippen molar-refractivity contribution >= 4 is 5.91 Å². The summed E-state index contributed by atoms with van der Waals surface area (Å²) in [7, 11) is 4.78. The van der Waals surface area contributed by atoms with Crippen molar-refractivity contribution in [1.82, 2.24) is 10.2 Å². The summed E-state index contributed by atoms with van der Waals surface area (Å²) in [6, 6.07) is 4.12. The molecule has 1 saturated heterocycles. The second-order valence-corrected chi connectivity index (χ2v) is 7.59. The minimum absolute atomic E-state index is 0.0519. The van der Waals surface area contributed by atoms with Crippen LogP contribution in [-0.4, -0.2) is 71.0 Å². The van der Waals surface area contributed by atoms with Crippen molar-refractivity contribution in [2.45, 2.75) is 45.6 Å². The zero-order valence-corrected chi connectivity index (χ0v) is 19.2. The van der Waals surface area contributed by atoms with Gasteiger partial charge < -0.3 is 24.3 Å². The summed E-state index contributed by atoms with van der Waals surface area (Å²) >= 11 is 0. The summed E-state index contributed by atoms with van der Waals surface area (Å²) in [5.74, 6) is 2.40. The Hall–Kier alpha value is -1.99. The number of ether oxygens (including phenoxy) is 4. The molecule has 0 aromatic heterocycles. The van der Waals surface area contributed by atoms with Crippen LogP contribution in [0.3, 0.4) is 0 Å². The summed E-state index contributed by atoms with van der Waals surface area (Å²) in [5, 5.41) is 3.17. The van der Waals surface area contributed by atoms with Gasteiger partial charge in [-0.1, -0.05) is 32.8 Å². The fourth-order valence-corrected chi connectivity index (χ4v) is 4.25. The second-order valence-electron chi connectivity index (χ2n) is 7.59. The van der Waals surface area contributed by atoms with Gasteiger partial charge in [-0.25, -0.2) is 0 Å². The predicted octanol–water partition coefficient (Wildman–Crippen LogP) is 2.90. The number of benzene rings is 1. The van der Waals surface area contributed by atoms with Crippen molar-refractivity contribution in [3.8, 4) is 17.2 Å². The molecule has 7 nitrogen and oxygen atoms in total. The maximum Gasteiger partial charge on any atom is 0.220 e. The average molecular weight is 423 g/mol. The normalized spacial score (nSPS) is 15.7. The standard InChI is InChI=1S/C23H38N2O5/c1-6-17(7-2)19(25-12-14-30-15-13-25)16-24-21(26)11-9-18-8-10-20(27-3)23(29-5)22(18)28-4/h8,10,17,19H,6-7,9,11-16H2,1-5H3,(H,24,26). The van der Waals surface area contributed by atoms with Crippen LogP contribution in [0, 0.1) is 5.92 Å². The Morgan fingerprint density at radius 1 is 1.07 bits per heavy atom. The second kappa shape index (κ2) is 12.6. The number of amides is 1. The van der Waals surface area contributed by atoms with E-state index in [9.17, 15) is 4.79 Å². The van der Waals surface area contributed by atoms with Gasteiger partial charge in [0, 0.05) is 32.1 Å². The van der Waals surface area contributed by atoms with Gasteiger partial charge in [0.25, 0.3) is 0 Å². The molecule has 1 atom stereocenters. The maximum absolute atomic E-state index is 12.6. The first-order valence-corrected chi connectivity index (χ1v) is 11.0. The molecule has 0 spiro atoms. The van der Waals surface area contributed by atoms with Gasteiger partial charge in [0.1, 0.15) is 0 Å². The van der Waals surface area contributed by atoms with Crippen LogP contribution >= 0.6 is 0 Å². The molecule has 1 unspecified atom stereocenters. The molecule has 1 aliphatic heterocycles. The van der Waals surface area contributed by atoms with Crippen LogP contribution in [-0.2, 0) is 16.0 Å². The van der Waals surface area contributed by atoms with Gasteiger partial charge in [-0.15, -0.1) is 0 Å². The van der Waals surface area contributed by atoms with E-state index in [4.69, 9.17) is 18.9 Å². The van der Waals surface area contributed by atoms with Crippen molar-refractivity contribution in [3.05, 3.63) is 17.7 Å². The Labute approximate surface area is 181 Å². The van der Waals surface area contributed by atoms with E-state index in [1.165, 1.54) is 0 Å². The highest BCUT2D eigenvalue weighted by molar-refractivity contribution is 5.76. The smallest absolute Gasteiger partial charge is 0.220 e. The summed E-state index contributed by atoms with van der Waals surface area (Å²) in [6.45, 7) is 8.53. The lowest BCUT2D eigenvalue weighted by Crippen LogP contribution is -2.52. The van der Waals surface area contributed by atoms with Gasteiger partial charge >= 0.3 is 0 Å². The average Bonchev–Trinajstić information content (AvgIpc) is 2.79. The molecule has 7 heteroatoms. The summed E-state index contributed by atoms with van der Waals surface area (Å²) in [4.78, 5) is 15.1. The number of hydrogen-bond donors (Lipinski definition) is 1. The SMILES string of the molecule is CCC(CC)C(CNC(=O)CCc1ccc(OC)c(OC)c1OC)N1CCOCC1. The number of aryl methyl sites for hydroxylation is 1. The van der Waals surface area contributed by atoms with Gasteiger partial charge in [-0.05, 0) is 24.0 Å². The third-order valence-electron chi connectivity index (χ3n) is 6.02. The highest BCUT2D eigenvalue weighted by Crippen LogP contribution is 2.40. The molecule has 1 amide bonds. The number of carbonyl (C=O) groups is 1. The van der Waals surface area contributed by atoms with Gasteiger partial charge in [0.2, 0.25) is 11.7 Å². The first-order valence-electron chi connectivity index (χ1n) is 11.0. The van der Waals surface area contributed by atoms with Crippen LogP contribution < -0.4 is 19.5 Å². The molecule has 0 radical (unpaired) electrons. The number of hydrogen-bond acceptors (Lipinski definition) is 6. The quantitative estimate of drug-likeness (QED) is 0.559. The molecule has 1 aromatic carbocycles. The van der Waals surface area contributed by atoms with E-state index in [0.29, 0.717) is 48.6 Å². The number of nitrogens with one attached hydrogen (secondary N) is 1. The van der Waals surface area contributed by atoms with E-state index < -0.39 is 0 Å². The van der Waals surface area contributed by atoms with Gasteiger partial charge in [-0.2, -0.15) is 0 Å². The molecule has 0 bridgehead atoms. The van der Waals surface area contributed by atoms with E-state index >= 15 is 0 Å². The molecule has 1 N–H and O–H groups in total. The van der Waals surface area contributed by atoms with Crippen molar-refractivity contribution < 1.29 is 23.7 Å². The molecule has 1 heterocycles. The van der Waals surface area contributed by atoms with Gasteiger partial charge in [-0.3, -0.25) is 9.69 Å². The number of nitrogens with zero attached hydrogens (tertiary/aromatic N) is 1. The molecule has 1 aliphatic rings. The van der Waals surface area contributed by atoms with Crippen LogP contribution in [0.4, 0.5) is 0 Å². The predicted molar refractivity (Wildman–Crippen MR) is 118 cm³/mol. The largest absolute Gasteiger partial charge is 0.493 e. The monoisotopic (exact) mass is 422 g/mol. The van der Waals surface area contributed by atoms with Gasteiger partial charge in [0.05, 0.1) is 34.5 Å². The molecule has 2 rings (SSSR count). The Balaban J connectivity index is 1.97. The van der Waals surface area contributed by atoms with Crippen molar-refractivity contribution in [3.63, 3.8) is 0 Å². The Morgan fingerprint density at radius 2 is 1.73 bits per heavy atom. The fraction of sp³-hybridized carbons (Fsp3) is 0.696. The van der Waals surface area contributed by atoms with Crippen LogP contribution in [0.25, 0.3) is 0 Å². The van der Waals surface area contributed by atoms with Crippen LogP contribution in [0.1, 0.15) is 38.7 Å². The molecule has 1 aromatic rings.